The topological polar surface area (TPSA) is 84.3 Å². The second-order valence-electron chi connectivity index (χ2n) is 7.47. The Balaban J connectivity index is 1.82. The van der Waals surface area contributed by atoms with Crippen LogP contribution in [0.3, 0.4) is 0 Å². The number of benzene rings is 2. The Labute approximate surface area is 195 Å². The maximum absolute atomic E-state index is 13.2. The lowest BCUT2D eigenvalue weighted by atomic mass is 10.1. The zero-order chi connectivity index (χ0) is 23.3. The summed E-state index contributed by atoms with van der Waals surface area (Å²) in [6, 6.07) is 11.6. The van der Waals surface area contributed by atoms with Crippen LogP contribution < -0.4 is 10.9 Å². The number of anilines is 1. The van der Waals surface area contributed by atoms with E-state index in [9.17, 15) is 14.4 Å². The number of nitrogens with one attached hydrogen (secondary N) is 1. The minimum absolute atomic E-state index is 0.140. The van der Waals surface area contributed by atoms with Crippen molar-refractivity contribution in [1.82, 2.24) is 14.7 Å². The molecule has 0 radical (unpaired) electrons. The van der Waals surface area contributed by atoms with E-state index >= 15 is 0 Å². The standard InChI is InChI=1S/C23H24Cl2N4O3/c1-3-4-7-12-29-22(31)17-9-6-5-8-16(17)21(27-29)23(32)28(2)14-20(30)26-15-10-11-18(24)19(25)13-15/h5-6,8-11,13H,3-4,7,12,14H2,1-2H3,(H,26,30). The molecule has 3 rings (SSSR count). The number of aromatic nitrogens is 2. The largest absolute Gasteiger partial charge is 0.331 e. The lowest BCUT2D eigenvalue weighted by Crippen LogP contribution is -2.37. The fourth-order valence-electron chi connectivity index (χ4n) is 3.30. The molecule has 2 amide bonds. The van der Waals surface area contributed by atoms with Crippen LogP contribution >= 0.6 is 23.2 Å². The Morgan fingerprint density at radius 1 is 1.06 bits per heavy atom. The lowest BCUT2D eigenvalue weighted by Gasteiger charge is -2.18. The predicted molar refractivity (Wildman–Crippen MR) is 128 cm³/mol. The smallest absolute Gasteiger partial charge is 0.275 e. The van der Waals surface area contributed by atoms with E-state index in [1.165, 1.54) is 22.7 Å². The molecule has 168 valence electrons. The molecule has 9 heteroatoms. The number of hydrogen-bond donors (Lipinski definition) is 1. The average molecular weight is 475 g/mol. The highest BCUT2D eigenvalue weighted by Crippen LogP contribution is 2.25. The van der Waals surface area contributed by atoms with E-state index < -0.39 is 11.8 Å². The van der Waals surface area contributed by atoms with Crippen LogP contribution in [0.15, 0.2) is 47.3 Å². The number of likely N-dealkylation sites (N-methyl/N-ethyl adjacent to an activating group) is 1. The van der Waals surface area contributed by atoms with Crippen molar-refractivity contribution in [2.24, 2.45) is 0 Å². The summed E-state index contributed by atoms with van der Waals surface area (Å²) in [5.41, 5.74) is 0.382. The van der Waals surface area contributed by atoms with Gasteiger partial charge < -0.3 is 10.2 Å². The van der Waals surface area contributed by atoms with E-state index in [1.807, 2.05) is 0 Å². The zero-order valence-corrected chi connectivity index (χ0v) is 19.4. The van der Waals surface area contributed by atoms with Crippen molar-refractivity contribution in [1.29, 1.82) is 0 Å². The van der Waals surface area contributed by atoms with Crippen LogP contribution in [0.4, 0.5) is 5.69 Å². The van der Waals surface area contributed by atoms with Crippen molar-refractivity contribution in [3.05, 3.63) is 68.6 Å². The van der Waals surface area contributed by atoms with Crippen molar-refractivity contribution in [2.45, 2.75) is 32.7 Å². The van der Waals surface area contributed by atoms with Crippen molar-refractivity contribution in [3.8, 4) is 0 Å². The molecule has 0 saturated heterocycles. The third-order valence-electron chi connectivity index (χ3n) is 4.97. The Bertz CT molecular complexity index is 1210. The monoisotopic (exact) mass is 474 g/mol. The van der Waals surface area contributed by atoms with Crippen molar-refractivity contribution in [2.75, 3.05) is 18.9 Å². The summed E-state index contributed by atoms with van der Waals surface area (Å²) < 4.78 is 1.34. The third-order valence-corrected chi connectivity index (χ3v) is 5.71. The first kappa shape index (κ1) is 23.8. The van der Waals surface area contributed by atoms with Crippen LogP contribution in [0.1, 0.15) is 36.7 Å². The molecule has 0 aliphatic heterocycles. The van der Waals surface area contributed by atoms with Gasteiger partial charge in [0.2, 0.25) is 5.91 Å². The highest BCUT2D eigenvalue weighted by atomic mass is 35.5. The summed E-state index contributed by atoms with van der Waals surface area (Å²) in [7, 11) is 1.51. The molecular formula is C23H24Cl2N4O3. The van der Waals surface area contributed by atoms with Crippen molar-refractivity contribution < 1.29 is 9.59 Å². The Morgan fingerprint density at radius 2 is 1.78 bits per heavy atom. The van der Waals surface area contributed by atoms with Crippen LogP contribution in [0, 0.1) is 0 Å². The first-order valence-electron chi connectivity index (χ1n) is 10.3. The van der Waals surface area contributed by atoms with Gasteiger partial charge in [0.05, 0.1) is 22.0 Å². The predicted octanol–water partition coefficient (Wildman–Crippen LogP) is 4.60. The molecule has 0 spiro atoms. The number of rotatable bonds is 8. The SMILES string of the molecule is CCCCCn1nc(C(=O)N(C)CC(=O)Nc2ccc(Cl)c(Cl)c2)c2ccccc2c1=O. The molecule has 0 aliphatic rings. The zero-order valence-electron chi connectivity index (χ0n) is 17.9. The van der Waals surface area contributed by atoms with E-state index in [4.69, 9.17) is 23.2 Å². The van der Waals surface area contributed by atoms with Gasteiger partial charge in [-0.05, 0) is 30.7 Å². The molecule has 0 bridgehead atoms. The third kappa shape index (κ3) is 5.47. The van der Waals surface area contributed by atoms with Gasteiger partial charge in [-0.15, -0.1) is 0 Å². The van der Waals surface area contributed by atoms with E-state index in [1.54, 1.807) is 36.4 Å². The first-order valence-corrected chi connectivity index (χ1v) is 11.1. The quantitative estimate of drug-likeness (QED) is 0.483. The number of hydrogen-bond acceptors (Lipinski definition) is 4. The molecule has 3 aromatic rings. The van der Waals surface area contributed by atoms with Crippen LogP contribution in [0.5, 0.6) is 0 Å². The molecule has 0 saturated carbocycles. The number of amides is 2. The van der Waals surface area contributed by atoms with Gasteiger partial charge in [0, 0.05) is 24.7 Å². The molecule has 2 aromatic carbocycles. The summed E-state index contributed by atoms with van der Waals surface area (Å²) in [4.78, 5) is 39.7. The van der Waals surface area contributed by atoms with Gasteiger partial charge in [-0.2, -0.15) is 5.10 Å². The van der Waals surface area contributed by atoms with Crippen LogP contribution in [0.2, 0.25) is 10.0 Å². The Morgan fingerprint density at radius 3 is 2.47 bits per heavy atom. The summed E-state index contributed by atoms with van der Waals surface area (Å²) in [5.74, 6) is -0.852. The highest BCUT2D eigenvalue weighted by Gasteiger charge is 2.21. The average Bonchev–Trinajstić information content (AvgIpc) is 2.77. The van der Waals surface area contributed by atoms with Gasteiger partial charge in [0.15, 0.2) is 5.69 Å². The maximum atomic E-state index is 13.2. The molecule has 0 atom stereocenters. The first-order chi connectivity index (χ1) is 15.3. The Kier molecular flexibility index (Phi) is 7.88. The molecular weight excluding hydrogens is 451 g/mol. The van der Waals surface area contributed by atoms with E-state index in [-0.39, 0.29) is 17.8 Å². The van der Waals surface area contributed by atoms with Gasteiger partial charge in [-0.1, -0.05) is 61.2 Å². The highest BCUT2D eigenvalue weighted by molar-refractivity contribution is 6.42. The van der Waals surface area contributed by atoms with Gasteiger partial charge in [-0.3, -0.25) is 14.4 Å². The second kappa shape index (κ2) is 10.6. The summed E-state index contributed by atoms with van der Waals surface area (Å²) in [6.07, 6.45) is 2.75. The number of nitrogens with zero attached hydrogens (tertiary/aromatic N) is 3. The maximum Gasteiger partial charge on any atom is 0.275 e. The van der Waals surface area contributed by atoms with Gasteiger partial charge in [0.25, 0.3) is 11.5 Å². The van der Waals surface area contributed by atoms with Crippen molar-refractivity contribution >= 4 is 51.5 Å². The van der Waals surface area contributed by atoms with E-state index in [0.717, 1.165) is 19.3 Å². The fourth-order valence-corrected chi connectivity index (χ4v) is 3.60. The number of unbranched alkanes of at least 4 members (excludes halogenated alkanes) is 2. The number of fused-ring (bicyclic) bond motifs is 1. The van der Waals surface area contributed by atoms with Gasteiger partial charge in [0.1, 0.15) is 0 Å². The molecule has 1 aromatic heterocycles. The second-order valence-corrected chi connectivity index (χ2v) is 8.28. The molecule has 32 heavy (non-hydrogen) atoms. The molecule has 1 heterocycles. The lowest BCUT2D eigenvalue weighted by molar-refractivity contribution is -0.116. The Hall–Kier alpha value is -2.90. The number of halogens is 2. The van der Waals surface area contributed by atoms with Crippen LogP contribution in [-0.2, 0) is 11.3 Å². The normalized spacial score (nSPS) is 10.9. The molecule has 0 aliphatic carbocycles. The van der Waals surface area contributed by atoms with Gasteiger partial charge in [-0.25, -0.2) is 4.68 Å². The molecule has 7 nitrogen and oxygen atoms in total. The number of aryl methyl sites for hydroxylation is 1. The molecule has 1 N–H and O–H groups in total. The van der Waals surface area contributed by atoms with Gasteiger partial charge >= 0.3 is 0 Å². The van der Waals surface area contributed by atoms with Crippen LogP contribution in [-0.4, -0.2) is 40.1 Å². The minimum atomic E-state index is -0.449. The molecule has 0 unspecified atom stereocenters. The van der Waals surface area contributed by atoms with Crippen molar-refractivity contribution in [3.63, 3.8) is 0 Å². The summed E-state index contributed by atoms with van der Waals surface area (Å²) in [6.45, 7) is 2.30. The summed E-state index contributed by atoms with van der Waals surface area (Å²) >= 11 is 11.9. The van der Waals surface area contributed by atoms with E-state index in [2.05, 4.69) is 17.3 Å². The molecule has 0 fully saturated rings. The van der Waals surface area contributed by atoms with Crippen LogP contribution in [0.25, 0.3) is 10.8 Å². The van der Waals surface area contributed by atoms with E-state index in [0.29, 0.717) is 33.0 Å². The minimum Gasteiger partial charge on any atom is -0.331 e. The number of carbonyl (C=O) groups excluding carboxylic acids is 2. The summed E-state index contributed by atoms with van der Waals surface area (Å²) in [5, 5.41) is 8.63. The number of carbonyl (C=O) groups is 2. The fraction of sp³-hybridized carbons (Fsp3) is 0.304.